The van der Waals surface area contributed by atoms with E-state index in [4.69, 9.17) is 6.58 Å². The third kappa shape index (κ3) is 22.4. The molecule has 0 aromatic rings. The van der Waals surface area contributed by atoms with Gasteiger partial charge in [0.15, 0.2) is 0 Å². The van der Waals surface area contributed by atoms with Crippen molar-refractivity contribution in [2.45, 2.75) is 90.4 Å². The summed E-state index contributed by atoms with van der Waals surface area (Å²) in [7, 11) is 0. The second-order valence-corrected chi connectivity index (χ2v) is 6.84. The molecule has 0 heteroatoms. The molecule has 0 rings (SSSR count). The van der Waals surface area contributed by atoms with Crippen molar-refractivity contribution in [1.29, 1.82) is 0 Å². The SMILES string of the molecule is [CH]=CC=CC=CC=CC=CC=CCCCCCCCCCCCCCC. The normalized spacial score (nSPS) is 12.7. The topological polar surface area (TPSA) is 0 Å². The van der Waals surface area contributed by atoms with Crippen LogP contribution in [0.5, 0.6) is 0 Å². The van der Waals surface area contributed by atoms with Crippen molar-refractivity contribution in [2.24, 2.45) is 0 Å². The van der Waals surface area contributed by atoms with Gasteiger partial charge in [0.05, 0.1) is 0 Å². The van der Waals surface area contributed by atoms with Crippen molar-refractivity contribution >= 4 is 0 Å². The van der Waals surface area contributed by atoms with Crippen LogP contribution in [0.1, 0.15) is 90.4 Å². The van der Waals surface area contributed by atoms with Crippen molar-refractivity contribution in [3.8, 4) is 0 Å². The van der Waals surface area contributed by atoms with Gasteiger partial charge in [0.25, 0.3) is 0 Å². The molecule has 0 nitrogen and oxygen atoms in total. The Balaban J connectivity index is 3.31. The first kappa shape index (κ1) is 24.4. The molecule has 0 aromatic heterocycles. The predicted molar refractivity (Wildman–Crippen MR) is 120 cm³/mol. The van der Waals surface area contributed by atoms with Gasteiger partial charge in [-0.1, -0.05) is 151 Å². The van der Waals surface area contributed by atoms with Gasteiger partial charge in [0.2, 0.25) is 0 Å². The summed E-state index contributed by atoms with van der Waals surface area (Å²) >= 11 is 0. The van der Waals surface area contributed by atoms with Crippen LogP contribution in [0.3, 0.4) is 0 Å². The summed E-state index contributed by atoms with van der Waals surface area (Å²) in [6.45, 7) is 7.52. The molecule has 145 valence electrons. The summed E-state index contributed by atoms with van der Waals surface area (Å²) in [5.74, 6) is 0. The smallest absolute Gasteiger partial charge is 0.0348 e. The molecular weight excluding hydrogens is 312 g/mol. The van der Waals surface area contributed by atoms with Crippen LogP contribution < -0.4 is 0 Å². The molecule has 0 unspecified atom stereocenters. The Morgan fingerprint density at radius 2 is 0.846 bits per heavy atom. The van der Waals surface area contributed by atoms with Gasteiger partial charge in [-0.25, -0.2) is 0 Å². The van der Waals surface area contributed by atoms with Crippen molar-refractivity contribution < 1.29 is 0 Å². The van der Waals surface area contributed by atoms with Crippen LogP contribution >= 0.6 is 0 Å². The maximum atomic E-state index is 5.23. The summed E-state index contributed by atoms with van der Waals surface area (Å²) < 4.78 is 0. The lowest BCUT2D eigenvalue weighted by Crippen LogP contribution is -1.82. The van der Waals surface area contributed by atoms with Gasteiger partial charge in [-0.2, -0.15) is 0 Å². The van der Waals surface area contributed by atoms with Crippen LogP contribution in [0, 0.1) is 6.58 Å². The van der Waals surface area contributed by atoms with Gasteiger partial charge >= 0.3 is 0 Å². The lowest BCUT2D eigenvalue weighted by molar-refractivity contribution is 0.545. The van der Waals surface area contributed by atoms with Crippen LogP contribution in [0.4, 0.5) is 0 Å². The number of hydrogen-bond donors (Lipinski definition) is 0. The summed E-state index contributed by atoms with van der Waals surface area (Å²) in [4.78, 5) is 0. The van der Waals surface area contributed by atoms with Gasteiger partial charge in [0.1, 0.15) is 0 Å². The molecular formula is C26H41. The maximum Gasteiger partial charge on any atom is -0.0348 e. The molecule has 0 N–H and O–H groups in total. The lowest BCUT2D eigenvalue weighted by Gasteiger charge is -2.02. The lowest BCUT2D eigenvalue weighted by atomic mass is 10.0. The van der Waals surface area contributed by atoms with E-state index in [0.29, 0.717) is 0 Å². The zero-order chi connectivity index (χ0) is 19.0. The van der Waals surface area contributed by atoms with Gasteiger partial charge < -0.3 is 0 Å². The highest BCUT2D eigenvalue weighted by Crippen LogP contribution is 2.12. The average molecular weight is 354 g/mol. The molecule has 0 saturated carbocycles. The van der Waals surface area contributed by atoms with Gasteiger partial charge in [0, 0.05) is 0 Å². The zero-order valence-electron chi connectivity index (χ0n) is 17.1. The molecule has 0 heterocycles. The summed E-state index contributed by atoms with van der Waals surface area (Å²) in [5, 5.41) is 0. The fourth-order valence-electron chi connectivity index (χ4n) is 2.79. The van der Waals surface area contributed by atoms with Crippen LogP contribution in [0.25, 0.3) is 0 Å². The second-order valence-electron chi connectivity index (χ2n) is 6.84. The Kier molecular flexibility index (Phi) is 22.0. The number of unbranched alkanes of at least 4 members (excludes halogenated alkanes) is 12. The molecule has 0 saturated heterocycles. The third-order valence-electron chi connectivity index (χ3n) is 4.36. The maximum absolute atomic E-state index is 5.23. The van der Waals surface area contributed by atoms with Crippen LogP contribution in [-0.2, 0) is 0 Å². The molecule has 0 spiro atoms. The standard InChI is InChI=1S/C26H41/c1-3-5-7-9-11-13-15-17-19-21-23-25-26-24-22-20-18-16-14-12-10-8-6-4-2/h1,3,5,7,9,11,13,15,17,19,21,23H,4,6,8,10,12,14,16,18,20,22,24-26H2,2H3. The molecule has 1 radical (unpaired) electrons. The van der Waals surface area contributed by atoms with Crippen LogP contribution in [0.2, 0.25) is 0 Å². The molecule has 0 aliphatic rings. The molecule has 0 aliphatic heterocycles. The molecule has 0 amide bonds. The highest BCUT2D eigenvalue weighted by atomic mass is 14.0. The quantitative estimate of drug-likeness (QED) is 0.170. The first-order chi connectivity index (χ1) is 12.9. The van der Waals surface area contributed by atoms with E-state index in [2.05, 4.69) is 31.2 Å². The highest BCUT2D eigenvalue weighted by molar-refractivity contribution is 5.18. The van der Waals surface area contributed by atoms with Gasteiger partial charge in [-0.3, -0.25) is 0 Å². The molecule has 0 fully saturated rings. The molecule has 0 atom stereocenters. The van der Waals surface area contributed by atoms with E-state index in [1.165, 1.54) is 89.5 Å². The first-order valence-electron chi connectivity index (χ1n) is 10.8. The third-order valence-corrected chi connectivity index (χ3v) is 4.36. The monoisotopic (exact) mass is 353 g/mol. The first-order valence-corrected chi connectivity index (χ1v) is 10.8. The molecule has 0 aromatic carbocycles. The Morgan fingerprint density at radius 1 is 0.462 bits per heavy atom. The van der Waals surface area contributed by atoms with Crippen molar-refractivity contribution in [3.63, 3.8) is 0 Å². The average Bonchev–Trinajstić information content (AvgIpc) is 2.66. The van der Waals surface area contributed by atoms with E-state index in [1.54, 1.807) is 6.08 Å². The van der Waals surface area contributed by atoms with E-state index in [9.17, 15) is 0 Å². The van der Waals surface area contributed by atoms with E-state index in [1.807, 2.05) is 30.4 Å². The van der Waals surface area contributed by atoms with Gasteiger partial charge in [-0.15, -0.1) is 0 Å². The van der Waals surface area contributed by atoms with E-state index in [0.717, 1.165) is 0 Å². The number of allylic oxidation sites excluding steroid dienone is 11. The molecule has 0 bridgehead atoms. The summed E-state index contributed by atoms with van der Waals surface area (Å²) in [5.41, 5.74) is 0. The van der Waals surface area contributed by atoms with E-state index < -0.39 is 0 Å². The number of rotatable bonds is 18. The minimum absolute atomic E-state index is 1.20. The zero-order valence-corrected chi connectivity index (χ0v) is 17.1. The van der Waals surface area contributed by atoms with Crippen molar-refractivity contribution in [1.82, 2.24) is 0 Å². The number of hydrogen-bond acceptors (Lipinski definition) is 0. The molecule has 0 aliphatic carbocycles. The molecule has 26 heavy (non-hydrogen) atoms. The Labute approximate surface area is 164 Å². The van der Waals surface area contributed by atoms with Crippen LogP contribution in [-0.4, -0.2) is 0 Å². The fourth-order valence-corrected chi connectivity index (χ4v) is 2.79. The second kappa shape index (κ2) is 23.4. The Bertz CT molecular complexity index is 417. The van der Waals surface area contributed by atoms with Gasteiger partial charge in [-0.05, 0) is 12.8 Å². The predicted octanol–water partition coefficient (Wildman–Crippen LogP) is 8.85. The summed E-state index contributed by atoms with van der Waals surface area (Å²) in [6.07, 6.45) is 40.0. The minimum Gasteiger partial charge on any atom is -0.0845 e. The Hall–Kier alpha value is -1.56. The fraction of sp³-hybridized carbons (Fsp3) is 0.538. The van der Waals surface area contributed by atoms with Crippen molar-refractivity contribution in [2.75, 3.05) is 0 Å². The Morgan fingerprint density at radius 3 is 1.31 bits per heavy atom. The summed E-state index contributed by atoms with van der Waals surface area (Å²) in [6, 6.07) is 0. The largest absolute Gasteiger partial charge is 0.0845 e. The minimum atomic E-state index is 1.20. The van der Waals surface area contributed by atoms with Crippen molar-refractivity contribution in [3.05, 3.63) is 73.4 Å². The highest BCUT2D eigenvalue weighted by Gasteiger charge is 1.92. The van der Waals surface area contributed by atoms with E-state index >= 15 is 0 Å². The van der Waals surface area contributed by atoms with Crippen LogP contribution in [0.15, 0.2) is 66.8 Å². The van der Waals surface area contributed by atoms with E-state index in [-0.39, 0.29) is 0 Å².